The van der Waals surface area contributed by atoms with Crippen LogP contribution < -0.4 is 0 Å². The van der Waals surface area contributed by atoms with Crippen molar-refractivity contribution < 1.29 is 0 Å². The monoisotopic (exact) mass is 186 g/mol. The van der Waals surface area contributed by atoms with E-state index in [1.54, 1.807) is 0 Å². The molecular weight excluding hydrogens is 160 g/mol. The van der Waals surface area contributed by atoms with Crippen molar-refractivity contribution in [3.8, 4) is 0 Å². The van der Waals surface area contributed by atoms with Crippen molar-refractivity contribution in [2.24, 2.45) is 0 Å². The smallest absolute Gasteiger partial charge is 0.0274 e. The summed E-state index contributed by atoms with van der Waals surface area (Å²) in [7, 11) is 6.46. The van der Waals surface area contributed by atoms with E-state index in [4.69, 9.17) is 0 Å². The summed E-state index contributed by atoms with van der Waals surface area (Å²) >= 11 is 0. The van der Waals surface area contributed by atoms with Gasteiger partial charge in [-0.2, -0.15) is 0 Å². The van der Waals surface area contributed by atoms with Crippen molar-refractivity contribution >= 4 is 0 Å². The first kappa shape index (κ1) is 12.9. The van der Waals surface area contributed by atoms with Crippen molar-refractivity contribution in [1.29, 1.82) is 0 Å². The summed E-state index contributed by atoms with van der Waals surface area (Å²) in [5.41, 5.74) is 0.495. The van der Waals surface area contributed by atoms with Gasteiger partial charge in [-0.25, -0.2) is 0 Å². The highest BCUT2D eigenvalue weighted by molar-refractivity contribution is 4.84. The van der Waals surface area contributed by atoms with Crippen molar-refractivity contribution in [2.75, 3.05) is 27.7 Å². The van der Waals surface area contributed by atoms with Crippen molar-refractivity contribution in [2.45, 2.75) is 45.7 Å². The molecule has 2 nitrogen and oxygen atoms in total. The van der Waals surface area contributed by atoms with E-state index in [0.29, 0.717) is 0 Å². The molecule has 0 aliphatic carbocycles. The molecule has 0 aromatic rings. The Morgan fingerprint density at radius 2 is 1.23 bits per heavy atom. The number of hydrogen-bond acceptors (Lipinski definition) is 2. The van der Waals surface area contributed by atoms with Crippen molar-refractivity contribution in [3.05, 3.63) is 0 Å². The maximum Gasteiger partial charge on any atom is 0.0274 e. The molecule has 0 unspecified atom stereocenters. The molecule has 0 radical (unpaired) electrons. The number of hydrogen-bond donors (Lipinski definition) is 0. The first-order valence-corrected chi connectivity index (χ1v) is 4.96. The average Bonchev–Trinajstić information content (AvgIpc) is 1.83. The van der Waals surface area contributed by atoms with E-state index in [1.807, 2.05) is 0 Å². The number of rotatable bonds is 3. The van der Waals surface area contributed by atoms with Crippen LogP contribution in [0.4, 0.5) is 0 Å². The zero-order valence-electron chi connectivity index (χ0n) is 10.6. The van der Waals surface area contributed by atoms with Crippen LogP contribution in [0, 0.1) is 0 Å². The Balaban J connectivity index is 4.28. The quantitative estimate of drug-likeness (QED) is 0.665. The third-order valence-electron chi connectivity index (χ3n) is 2.98. The van der Waals surface area contributed by atoms with Crippen LogP contribution in [-0.2, 0) is 0 Å². The first-order valence-electron chi connectivity index (χ1n) is 4.96. The Morgan fingerprint density at radius 1 is 0.846 bits per heavy atom. The van der Waals surface area contributed by atoms with Gasteiger partial charge in [0.15, 0.2) is 0 Å². The minimum Gasteiger partial charge on any atom is -0.303 e. The Bertz CT molecular complexity index is 154. The first-order chi connectivity index (χ1) is 5.57. The van der Waals surface area contributed by atoms with E-state index in [9.17, 15) is 0 Å². The highest BCUT2D eigenvalue weighted by atomic mass is 15.2. The van der Waals surface area contributed by atoms with Crippen LogP contribution in [-0.4, -0.2) is 48.6 Å². The molecule has 0 aliphatic heterocycles. The van der Waals surface area contributed by atoms with Crippen LogP contribution >= 0.6 is 0 Å². The van der Waals surface area contributed by atoms with Gasteiger partial charge in [0.05, 0.1) is 0 Å². The van der Waals surface area contributed by atoms with Gasteiger partial charge in [0, 0.05) is 17.6 Å². The minimum absolute atomic E-state index is 0.238. The topological polar surface area (TPSA) is 6.48 Å². The number of likely N-dealkylation sites (N-methyl/N-ethyl adjacent to an activating group) is 2. The third-order valence-corrected chi connectivity index (χ3v) is 2.98. The van der Waals surface area contributed by atoms with Crippen molar-refractivity contribution in [3.63, 3.8) is 0 Å². The van der Waals surface area contributed by atoms with Gasteiger partial charge in [-0.3, -0.25) is 4.90 Å². The molecule has 0 N–H and O–H groups in total. The normalized spacial score (nSPS) is 14.3. The predicted octanol–water partition coefficient (Wildman–Crippen LogP) is 2.06. The molecule has 0 heterocycles. The standard InChI is InChI=1S/C11H26N2/c1-10(2,3)13(8)9-11(4,5)12(6)7/h9H2,1-8H3. The number of nitrogens with zero attached hydrogens (tertiary/aromatic N) is 2. The molecule has 13 heavy (non-hydrogen) atoms. The van der Waals surface area contributed by atoms with Crippen LogP contribution in [0.15, 0.2) is 0 Å². The van der Waals surface area contributed by atoms with Crippen LogP contribution in [0.25, 0.3) is 0 Å². The molecule has 80 valence electrons. The summed E-state index contributed by atoms with van der Waals surface area (Å²) in [5, 5.41) is 0. The van der Waals surface area contributed by atoms with Gasteiger partial charge in [-0.1, -0.05) is 0 Å². The minimum atomic E-state index is 0.238. The molecule has 0 aromatic carbocycles. The zero-order valence-corrected chi connectivity index (χ0v) is 10.6. The second-order valence-corrected chi connectivity index (χ2v) is 5.73. The summed E-state index contributed by atoms with van der Waals surface area (Å²) in [5.74, 6) is 0. The molecule has 0 rings (SSSR count). The summed E-state index contributed by atoms with van der Waals surface area (Å²) in [6.45, 7) is 12.4. The Morgan fingerprint density at radius 3 is 1.46 bits per heavy atom. The van der Waals surface area contributed by atoms with Gasteiger partial charge in [-0.05, 0) is 55.8 Å². The van der Waals surface area contributed by atoms with E-state index >= 15 is 0 Å². The van der Waals surface area contributed by atoms with Crippen LogP contribution in [0.3, 0.4) is 0 Å². The van der Waals surface area contributed by atoms with Gasteiger partial charge >= 0.3 is 0 Å². The Labute approximate surface area is 83.9 Å². The van der Waals surface area contributed by atoms with Gasteiger partial charge in [0.25, 0.3) is 0 Å². The lowest BCUT2D eigenvalue weighted by atomic mass is 9.99. The fraction of sp³-hybridized carbons (Fsp3) is 1.00. The second-order valence-electron chi connectivity index (χ2n) is 5.73. The molecule has 0 saturated heterocycles. The molecule has 0 amide bonds. The molecule has 2 heteroatoms. The third kappa shape index (κ3) is 4.10. The molecule has 0 fully saturated rings. The SMILES string of the molecule is CN(CC(C)(C)N(C)C)C(C)(C)C. The van der Waals surface area contributed by atoms with Gasteiger partial charge < -0.3 is 4.90 Å². The molecule has 0 bridgehead atoms. The lowest BCUT2D eigenvalue weighted by Gasteiger charge is -2.41. The highest BCUT2D eigenvalue weighted by Gasteiger charge is 2.27. The lowest BCUT2D eigenvalue weighted by molar-refractivity contribution is 0.0813. The van der Waals surface area contributed by atoms with Crippen LogP contribution in [0.1, 0.15) is 34.6 Å². The van der Waals surface area contributed by atoms with E-state index in [2.05, 4.69) is 65.6 Å². The maximum absolute atomic E-state index is 2.40. The van der Waals surface area contributed by atoms with Crippen LogP contribution in [0.2, 0.25) is 0 Å². The largest absolute Gasteiger partial charge is 0.303 e. The summed E-state index contributed by atoms with van der Waals surface area (Å²) in [6.07, 6.45) is 0. The molecule has 0 atom stereocenters. The zero-order chi connectivity index (χ0) is 10.9. The highest BCUT2D eigenvalue weighted by Crippen LogP contribution is 2.17. The second kappa shape index (κ2) is 3.97. The average molecular weight is 186 g/mol. The fourth-order valence-electron chi connectivity index (χ4n) is 0.959. The summed E-state index contributed by atoms with van der Waals surface area (Å²) in [6, 6.07) is 0. The van der Waals surface area contributed by atoms with Gasteiger partial charge in [0.1, 0.15) is 0 Å². The van der Waals surface area contributed by atoms with Gasteiger partial charge in [0.2, 0.25) is 0 Å². The van der Waals surface area contributed by atoms with E-state index in [1.165, 1.54) is 0 Å². The maximum atomic E-state index is 2.40. The van der Waals surface area contributed by atoms with Crippen molar-refractivity contribution in [1.82, 2.24) is 9.80 Å². The molecule has 0 aromatic heterocycles. The predicted molar refractivity (Wildman–Crippen MR) is 60.1 cm³/mol. The molecular formula is C11H26N2. The fourth-order valence-corrected chi connectivity index (χ4v) is 0.959. The van der Waals surface area contributed by atoms with E-state index in [-0.39, 0.29) is 11.1 Å². The van der Waals surface area contributed by atoms with E-state index < -0.39 is 0 Å². The van der Waals surface area contributed by atoms with Gasteiger partial charge in [-0.15, -0.1) is 0 Å². The summed E-state index contributed by atoms with van der Waals surface area (Å²) < 4.78 is 0. The Hall–Kier alpha value is -0.0800. The molecule has 0 aliphatic rings. The Kier molecular flexibility index (Phi) is 3.95. The lowest BCUT2D eigenvalue weighted by Crippen LogP contribution is -2.52. The summed E-state index contributed by atoms with van der Waals surface area (Å²) in [4.78, 5) is 4.67. The molecule has 0 saturated carbocycles. The molecule has 0 spiro atoms. The van der Waals surface area contributed by atoms with Crippen LogP contribution in [0.5, 0.6) is 0 Å². The van der Waals surface area contributed by atoms with E-state index in [0.717, 1.165) is 6.54 Å².